The molecule has 0 radical (unpaired) electrons. The molecule has 21 heavy (non-hydrogen) atoms. The lowest BCUT2D eigenvalue weighted by Crippen LogP contribution is -2.32. The van der Waals surface area contributed by atoms with Gasteiger partial charge in [-0.1, -0.05) is 18.2 Å². The van der Waals surface area contributed by atoms with Crippen molar-refractivity contribution in [3.63, 3.8) is 0 Å². The molecule has 0 aliphatic heterocycles. The van der Waals surface area contributed by atoms with Gasteiger partial charge < -0.3 is 20.1 Å². The maximum atomic E-state index is 5.91. The second-order valence-electron chi connectivity index (χ2n) is 4.84. The number of hydrogen-bond acceptors (Lipinski definition) is 5. The average Bonchev–Trinajstić information content (AvgIpc) is 2.54. The summed E-state index contributed by atoms with van der Waals surface area (Å²) in [5.41, 5.74) is 7.93. The van der Waals surface area contributed by atoms with E-state index in [9.17, 15) is 0 Å². The highest BCUT2D eigenvalue weighted by molar-refractivity contribution is 5.81. The molecule has 2 N–H and O–H groups in total. The van der Waals surface area contributed by atoms with E-state index in [0.29, 0.717) is 19.8 Å². The minimum atomic E-state index is 0.462. The lowest BCUT2D eigenvalue weighted by atomic mass is 10.1. The molecule has 5 heteroatoms. The molecule has 0 atom stereocenters. The molecule has 0 aliphatic carbocycles. The minimum Gasteiger partial charge on any atom is -0.383 e. The lowest BCUT2D eigenvalue weighted by molar-refractivity contribution is 0.190. The Morgan fingerprint density at radius 3 is 2.38 bits per heavy atom. The molecule has 0 unspecified atom stereocenters. The molecule has 0 aliphatic rings. The Kier molecular flexibility index (Phi) is 5.92. The third-order valence-electron chi connectivity index (χ3n) is 3.43. The van der Waals surface area contributed by atoms with Crippen molar-refractivity contribution in [2.45, 2.75) is 6.54 Å². The van der Waals surface area contributed by atoms with E-state index >= 15 is 0 Å². The van der Waals surface area contributed by atoms with Crippen LogP contribution in [0.25, 0.3) is 10.9 Å². The first-order chi connectivity index (χ1) is 10.3. The van der Waals surface area contributed by atoms with Gasteiger partial charge in [-0.3, -0.25) is 0 Å². The fourth-order valence-corrected chi connectivity index (χ4v) is 2.30. The van der Waals surface area contributed by atoms with Gasteiger partial charge in [0.15, 0.2) is 0 Å². The van der Waals surface area contributed by atoms with Crippen LogP contribution in [-0.4, -0.2) is 45.5 Å². The third-order valence-corrected chi connectivity index (χ3v) is 3.43. The fraction of sp³-hybridized carbons (Fsp3) is 0.438. The van der Waals surface area contributed by atoms with Crippen molar-refractivity contribution in [1.29, 1.82) is 0 Å². The Balaban J connectivity index is 2.38. The smallest absolute Gasteiger partial charge is 0.133 e. The molecule has 0 saturated heterocycles. The Labute approximate surface area is 125 Å². The Bertz CT molecular complexity index is 566. The van der Waals surface area contributed by atoms with Gasteiger partial charge in [-0.15, -0.1) is 0 Å². The summed E-state index contributed by atoms with van der Waals surface area (Å²) in [5, 5.41) is 1.11. The molecule has 0 saturated carbocycles. The minimum absolute atomic E-state index is 0.462. The number of rotatable bonds is 8. The van der Waals surface area contributed by atoms with Crippen LogP contribution in [0.1, 0.15) is 5.56 Å². The van der Waals surface area contributed by atoms with Gasteiger partial charge in [0, 0.05) is 44.8 Å². The molecule has 0 amide bonds. The third kappa shape index (κ3) is 3.91. The van der Waals surface area contributed by atoms with E-state index in [0.717, 1.165) is 35.4 Å². The van der Waals surface area contributed by atoms with Crippen LogP contribution in [0.5, 0.6) is 0 Å². The van der Waals surface area contributed by atoms with Gasteiger partial charge in [0.1, 0.15) is 5.82 Å². The molecule has 2 aromatic rings. The van der Waals surface area contributed by atoms with E-state index in [1.165, 1.54) is 0 Å². The van der Waals surface area contributed by atoms with Crippen molar-refractivity contribution < 1.29 is 9.47 Å². The first-order valence-corrected chi connectivity index (χ1v) is 7.11. The number of benzene rings is 1. The summed E-state index contributed by atoms with van der Waals surface area (Å²) in [6.45, 7) is 3.27. The number of methoxy groups -OCH3 is 2. The fourth-order valence-electron chi connectivity index (χ4n) is 2.30. The number of fused-ring (bicyclic) bond motifs is 1. The van der Waals surface area contributed by atoms with Crippen LogP contribution < -0.4 is 10.6 Å². The number of hydrogen-bond donors (Lipinski definition) is 1. The standard InChI is InChI=1S/C16H23N3O2/c1-20-9-7-19(8-10-21-2)16-14(12-17)11-13-5-3-4-6-15(13)18-16/h3-6,11H,7-10,12,17H2,1-2H3. The predicted octanol–water partition coefficient (Wildman–Crippen LogP) is 1.79. The number of ether oxygens (including phenoxy) is 2. The summed E-state index contributed by atoms with van der Waals surface area (Å²) in [4.78, 5) is 6.96. The van der Waals surface area contributed by atoms with E-state index in [-0.39, 0.29) is 0 Å². The van der Waals surface area contributed by atoms with Crippen LogP contribution >= 0.6 is 0 Å². The second kappa shape index (κ2) is 7.93. The summed E-state index contributed by atoms with van der Waals surface area (Å²) >= 11 is 0. The Morgan fingerprint density at radius 2 is 1.76 bits per heavy atom. The molecule has 1 heterocycles. The second-order valence-corrected chi connectivity index (χ2v) is 4.84. The average molecular weight is 289 g/mol. The van der Waals surface area contributed by atoms with Crippen molar-refractivity contribution in [3.05, 3.63) is 35.9 Å². The van der Waals surface area contributed by atoms with Crippen molar-refractivity contribution in [2.24, 2.45) is 5.73 Å². The van der Waals surface area contributed by atoms with Gasteiger partial charge in [-0.05, 0) is 12.1 Å². The first-order valence-electron chi connectivity index (χ1n) is 7.11. The van der Waals surface area contributed by atoms with Crippen molar-refractivity contribution in [3.8, 4) is 0 Å². The van der Waals surface area contributed by atoms with Crippen LogP contribution in [0, 0.1) is 0 Å². The summed E-state index contributed by atoms with van der Waals surface area (Å²) in [7, 11) is 3.40. The lowest BCUT2D eigenvalue weighted by Gasteiger charge is -2.25. The van der Waals surface area contributed by atoms with E-state index in [4.69, 9.17) is 20.2 Å². The van der Waals surface area contributed by atoms with E-state index in [1.54, 1.807) is 14.2 Å². The molecule has 0 fully saturated rings. The molecular formula is C16H23N3O2. The van der Waals surface area contributed by atoms with Crippen LogP contribution in [0.15, 0.2) is 30.3 Å². The van der Waals surface area contributed by atoms with Crippen LogP contribution in [0.3, 0.4) is 0 Å². The van der Waals surface area contributed by atoms with Crippen LogP contribution in [0.2, 0.25) is 0 Å². The number of aromatic nitrogens is 1. The van der Waals surface area contributed by atoms with Gasteiger partial charge in [-0.2, -0.15) is 0 Å². The van der Waals surface area contributed by atoms with Crippen LogP contribution in [-0.2, 0) is 16.0 Å². The molecule has 2 rings (SSSR count). The first kappa shape index (κ1) is 15.7. The number of nitrogens with zero attached hydrogens (tertiary/aromatic N) is 2. The molecule has 0 bridgehead atoms. The molecule has 1 aromatic carbocycles. The molecule has 0 spiro atoms. The zero-order valence-electron chi connectivity index (χ0n) is 12.7. The van der Waals surface area contributed by atoms with Gasteiger partial charge in [0.05, 0.1) is 18.7 Å². The predicted molar refractivity (Wildman–Crippen MR) is 85.6 cm³/mol. The summed E-state index contributed by atoms with van der Waals surface area (Å²) in [5.74, 6) is 0.922. The monoisotopic (exact) mass is 289 g/mol. The highest BCUT2D eigenvalue weighted by atomic mass is 16.5. The molecule has 114 valence electrons. The number of pyridine rings is 1. The topological polar surface area (TPSA) is 60.6 Å². The van der Waals surface area contributed by atoms with Crippen molar-refractivity contribution in [2.75, 3.05) is 45.4 Å². The zero-order chi connectivity index (χ0) is 15.1. The largest absolute Gasteiger partial charge is 0.383 e. The Hall–Kier alpha value is -1.69. The summed E-state index contributed by atoms with van der Waals surface area (Å²) in [6, 6.07) is 10.2. The normalized spacial score (nSPS) is 11.0. The van der Waals surface area contributed by atoms with Crippen LogP contribution in [0.4, 0.5) is 5.82 Å². The number of nitrogens with two attached hydrogens (primary N) is 1. The maximum absolute atomic E-state index is 5.91. The number of para-hydroxylation sites is 1. The maximum Gasteiger partial charge on any atom is 0.133 e. The highest BCUT2D eigenvalue weighted by Crippen LogP contribution is 2.23. The van der Waals surface area contributed by atoms with Crippen molar-refractivity contribution >= 4 is 16.7 Å². The van der Waals surface area contributed by atoms with E-state index in [2.05, 4.69) is 17.0 Å². The highest BCUT2D eigenvalue weighted by Gasteiger charge is 2.13. The van der Waals surface area contributed by atoms with Gasteiger partial charge in [-0.25, -0.2) is 4.98 Å². The molecule has 5 nitrogen and oxygen atoms in total. The van der Waals surface area contributed by atoms with Gasteiger partial charge in [0.25, 0.3) is 0 Å². The Morgan fingerprint density at radius 1 is 1.10 bits per heavy atom. The molecular weight excluding hydrogens is 266 g/mol. The number of anilines is 1. The summed E-state index contributed by atoms with van der Waals surface area (Å²) < 4.78 is 10.4. The summed E-state index contributed by atoms with van der Waals surface area (Å²) in [6.07, 6.45) is 0. The van der Waals surface area contributed by atoms with Gasteiger partial charge >= 0.3 is 0 Å². The van der Waals surface area contributed by atoms with Crippen molar-refractivity contribution in [1.82, 2.24) is 4.98 Å². The molecule has 1 aromatic heterocycles. The quantitative estimate of drug-likeness (QED) is 0.803. The van der Waals surface area contributed by atoms with Gasteiger partial charge in [0.2, 0.25) is 0 Å². The zero-order valence-corrected chi connectivity index (χ0v) is 12.7. The van der Waals surface area contributed by atoms with E-state index < -0.39 is 0 Å². The van der Waals surface area contributed by atoms with E-state index in [1.807, 2.05) is 18.2 Å². The SMILES string of the molecule is COCCN(CCOC)c1nc2ccccc2cc1CN.